The molecule has 0 bridgehead atoms. The van der Waals surface area contributed by atoms with Gasteiger partial charge in [-0.2, -0.15) is 0 Å². The van der Waals surface area contributed by atoms with Crippen molar-refractivity contribution in [2.75, 3.05) is 18.0 Å². The van der Waals surface area contributed by atoms with E-state index in [0.717, 1.165) is 31.7 Å². The fourth-order valence-corrected chi connectivity index (χ4v) is 2.17. The Hall–Kier alpha value is -1.29. The normalized spacial score (nSPS) is 18.4. The van der Waals surface area contributed by atoms with E-state index in [2.05, 4.69) is 15.2 Å². The molecule has 5 heteroatoms. The number of pyridine rings is 1. The van der Waals surface area contributed by atoms with Crippen LogP contribution in [0.1, 0.15) is 19.8 Å². The minimum Gasteiger partial charge on any atom is -0.356 e. The minimum atomic E-state index is -0.459. The summed E-state index contributed by atoms with van der Waals surface area (Å²) in [4.78, 5) is 18.1. The number of hydrogen-bond donors (Lipinski definition) is 1. The molecule has 1 N–H and O–H groups in total. The summed E-state index contributed by atoms with van der Waals surface area (Å²) >= 11 is 5.74. The number of aromatic nitrogens is 1. The van der Waals surface area contributed by atoms with E-state index in [1.807, 2.05) is 18.2 Å². The van der Waals surface area contributed by atoms with Gasteiger partial charge in [0, 0.05) is 25.3 Å². The number of hydrogen-bond acceptors (Lipinski definition) is 3. The molecule has 0 spiro atoms. The van der Waals surface area contributed by atoms with Gasteiger partial charge >= 0.3 is 0 Å². The summed E-state index contributed by atoms with van der Waals surface area (Å²) < 4.78 is 0. The average molecular weight is 268 g/mol. The lowest BCUT2D eigenvalue weighted by molar-refractivity contribution is -0.121. The van der Waals surface area contributed by atoms with E-state index in [9.17, 15) is 4.79 Å². The van der Waals surface area contributed by atoms with Crippen LogP contribution < -0.4 is 10.2 Å². The molecule has 0 aromatic carbocycles. The van der Waals surface area contributed by atoms with Gasteiger partial charge < -0.3 is 10.2 Å². The number of anilines is 1. The molecule has 1 aliphatic heterocycles. The Labute approximate surface area is 112 Å². The first kappa shape index (κ1) is 13.1. The van der Waals surface area contributed by atoms with E-state index in [1.165, 1.54) is 0 Å². The molecule has 98 valence electrons. The number of carbonyl (C=O) groups is 1. The van der Waals surface area contributed by atoms with Crippen LogP contribution in [0.25, 0.3) is 0 Å². The fourth-order valence-electron chi connectivity index (χ4n) is 2.11. The number of nitrogens with one attached hydrogen (secondary N) is 1. The van der Waals surface area contributed by atoms with Crippen LogP contribution in [0.5, 0.6) is 0 Å². The molecular formula is C13H18ClN3O. The summed E-state index contributed by atoms with van der Waals surface area (Å²) in [6.45, 7) is 3.52. The van der Waals surface area contributed by atoms with E-state index >= 15 is 0 Å². The second kappa shape index (κ2) is 6.05. The number of carbonyl (C=O) groups excluding carboxylic acids is 1. The molecule has 1 unspecified atom stereocenters. The molecule has 2 heterocycles. The Kier molecular flexibility index (Phi) is 4.42. The van der Waals surface area contributed by atoms with Gasteiger partial charge in [-0.25, -0.2) is 4.98 Å². The van der Waals surface area contributed by atoms with Crippen LogP contribution in [0.3, 0.4) is 0 Å². The van der Waals surface area contributed by atoms with Crippen molar-refractivity contribution >= 4 is 23.3 Å². The zero-order valence-corrected chi connectivity index (χ0v) is 11.2. The van der Waals surface area contributed by atoms with Crippen LogP contribution in [0.15, 0.2) is 24.4 Å². The van der Waals surface area contributed by atoms with E-state index in [0.29, 0.717) is 0 Å². The first-order valence-electron chi connectivity index (χ1n) is 6.27. The zero-order chi connectivity index (χ0) is 13.0. The number of piperidine rings is 1. The van der Waals surface area contributed by atoms with Gasteiger partial charge in [0.2, 0.25) is 5.91 Å². The van der Waals surface area contributed by atoms with Crippen LogP contribution >= 0.6 is 11.6 Å². The second-order valence-corrected chi connectivity index (χ2v) is 5.23. The SMILES string of the molecule is CC(Cl)C(=O)NC1CCN(c2ccccn2)CC1. The van der Waals surface area contributed by atoms with Gasteiger partial charge in [0.1, 0.15) is 11.2 Å². The van der Waals surface area contributed by atoms with Crippen molar-refractivity contribution in [2.24, 2.45) is 0 Å². The molecule has 2 rings (SSSR count). The van der Waals surface area contributed by atoms with Gasteiger partial charge in [-0.15, -0.1) is 11.6 Å². The molecular weight excluding hydrogens is 250 g/mol. The van der Waals surface area contributed by atoms with Crippen LogP contribution in [0.4, 0.5) is 5.82 Å². The van der Waals surface area contributed by atoms with Crippen molar-refractivity contribution in [3.63, 3.8) is 0 Å². The third kappa shape index (κ3) is 3.35. The molecule has 1 atom stereocenters. The smallest absolute Gasteiger partial charge is 0.237 e. The average Bonchev–Trinajstić information content (AvgIpc) is 2.40. The van der Waals surface area contributed by atoms with Gasteiger partial charge in [-0.1, -0.05) is 6.07 Å². The van der Waals surface area contributed by atoms with Crippen molar-refractivity contribution in [1.82, 2.24) is 10.3 Å². The summed E-state index contributed by atoms with van der Waals surface area (Å²) in [5, 5.41) is 2.51. The zero-order valence-electron chi connectivity index (χ0n) is 10.5. The number of halogens is 1. The van der Waals surface area contributed by atoms with Crippen molar-refractivity contribution in [1.29, 1.82) is 0 Å². The lowest BCUT2D eigenvalue weighted by Gasteiger charge is -2.33. The molecule has 1 amide bonds. The largest absolute Gasteiger partial charge is 0.356 e. The number of nitrogens with zero attached hydrogens (tertiary/aromatic N) is 2. The van der Waals surface area contributed by atoms with Gasteiger partial charge in [-0.3, -0.25) is 4.79 Å². The van der Waals surface area contributed by atoms with Gasteiger partial charge in [-0.05, 0) is 31.9 Å². The Morgan fingerprint density at radius 3 is 2.78 bits per heavy atom. The number of alkyl halides is 1. The van der Waals surface area contributed by atoms with Gasteiger partial charge in [0.05, 0.1) is 0 Å². The van der Waals surface area contributed by atoms with E-state index < -0.39 is 5.38 Å². The highest BCUT2D eigenvalue weighted by Gasteiger charge is 2.22. The summed E-state index contributed by atoms with van der Waals surface area (Å²) in [5.74, 6) is 0.931. The lowest BCUT2D eigenvalue weighted by Crippen LogP contribution is -2.46. The van der Waals surface area contributed by atoms with Crippen LogP contribution in [0, 0.1) is 0 Å². The highest BCUT2D eigenvalue weighted by atomic mass is 35.5. The third-order valence-corrected chi connectivity index (χ3v) is 3.37. The van der Waals surface area contributed by atoms with Crippen molar-refractivity contribution < 1.29 is 4.79 Å². The molecule has 1 fully saturated rings. The monoisotopic (exact) mass is 267 g/mol. The predicted octanol–water partition coefficient (Wildman–Crippen LogP) is 1.79. The molecule has 0 radical (unpaired) electrons. The van der Waals surface area contributed by atoms with Crippen molar-refractivity contribution in [3.8, 4) is 0 Å². The van der Waals surface area contributed by atoms with E-state index in [4.69, 9.17) is 11.6 Å². The first-order valence-corrected chi connectivity index (χ1v) is 6.71. The quantitative estimate of drug-likeness (QED) is 0.850. The molecule has 1 aromatic rings. The van der Waals surface area contributed by atoms with Gasteiger partial charge in [0.15, 0.2) is 0 Å². The first-order chi connectivity index (χ1) is 8.66. The lowest BCUT2D eigenvalue weighted by atomic mass is 10.0. The summed E-state index contributed by atoms with van der Waals surface area (Å²) in [6.07, 6.45) is 3.68. The Bertz CT molecular complexity index is 388. The summed E-state index contributed by atoms with van der Waals surface area (Å²) in [7, 11) is 0. The number of amides is 1. The topological polar surface area (TPSA) is 45.2 Å². The maximum Gasteiger partial charge on any atom is 0.237 e. The van der Waals surface area contributed by atoms with Crippen LogP contribution in [-0.2, 0) is 4.79 Å². The molecule has 4 nitrogen and oxygen atoms in total. The molecule has 1 aromatic heterocycles. The summed E-state index contributed by atoms with van der Waals surface area (Å²) in [5.41, 5.74) is 0. The molecule has 18 heavy (non-hydrogen) atoms. The van der Waals surface area contributed by atoms with Crippen molar-refractivity contribution in [3.05, 3.63) is 24.4 Å². The Morgan fingerprint density at radius 2 is 2.22 bits per heavy atom. The second-order valence-electron chi connectivity index (χ2n) is 4.57. The molecule has 0 saturated carbocycles. The highest BCUT2D eigenvalue weighted by molar-refractivity contribution is 6.30. The standard InChI is InChI=1S/C13H18ClN3O/c1-10(14)13(18)16-11-5-8-17(9-6-11)12-4-2-3-7-15-12/h2-4,7,10-11H,5-6,8-9H2,1H3,(H,16,18). The fraction of sp³-hybridized carbons (Fsp3) is 0.538. The Morgan fingerprint density at radius 1 is 1.50 bits per heavy atom. The predicted molar refractivity (Wildman–Crippen MR) is 72.9 cm³/mol. The molecule has 1 aliphatic rings. The minimum absolute atomic E-state index is 0.0760. The highest BCUT2D eigenvalue weighted by Crippen LogP contribution is 2.17. The molecule has 1 saturated heterocycles. The third-order valence-electron chi connectivity index (χ3n) is 3.18. The summed E-state index contributed by atoms with van der Waals surface area (Å²) in [6, 6.07) is 6.15. The maximum absolute atomic E-state index is 11.5. The van der Waals surface area contributed by atoms with Crippen LogP contribution in [0.2, 0.25) is 0 Å². The van der Waals surface area contributed by atoms with Crippen LogP contribution in [-0.4, -0.2) is 35.4 Å². The van der Waals surface area contributed by atoms with E-state index in [-0.39, 0.29) is 11.9 Å². The Balaban J connectivity index is 1.83. The van der Waals surface area contributed by atoms with Gasteiger partial charge in [0.25, 0.3) is 0 Å². The number of rotatable bonds is 3. The maximum atomic E-state index is 11.5. The molecule has 0 aliphatic carbocycles. The van der Waals surface area contributed by atoms with Crippen molar-refractivity contribution in [2.45, 2.75) is 31.2 Å². The van der Waals surface area contributed by atoms with E-state index in [1.54, 1.807) is 13.1 Å².